The fraction of sp³-hybridized carbons (Fsp3) is 0.167. The Morgan fingerprint density at radius 2 is 1.59 bits per heavy atom. The molecule has 37 heavy (non-hydrogen) atoms. The van der Waals surface area contributed by atoms with Crippen LogP contribution in [0, 0.1) is 25.2 Å². The van der Waals surface area contributed by atoms with E-state index in [1.807, 2.05) is 99.6 Å². The first-order chi connectivity index (χ1) is 17.9. The van der Waals surface area contributed by atoms with Crippen LogP contribution in [0.1, 0.15) is 29.5 Å². The minimum absolute atomic E-state index is 0.112. The average Bonchev–Trinajstić information content (AvgIpc) is 2.90. The van der Waals surface area contributed by atoms with E-state index in [2.05, 4.69) is 22.0 Å². The summed E-state index contributed by atoms with van der Waals surface area (Å²) in [4.78, 5) is 26.2. The van der Waals surface area contributed by atoms with Crippen LogP contribution in [0.2, 0.25) is 0 Å². The third-order valence-corrected chi connectivity index (χ3v) is 7.30. The lowest BCUT2D eigenvalue weighted by atomic mass is 9.82. The molecule has 0 aromatic heterocycles. The third-order valence-electron chi connectivity index (χ3n) is 6.28. The quantitative estimate of drug-likeness (QED) is 0.363. The normalized spacial score (nSPS) is 15.0. The zero-order valence-corrected chi connectivity index (χ0v) is 21.8. The zero-order chi connectivity index (χ0) is 26.4. The van der Waals surface area contributed by atoms with Crippen molar-refractivity contribution in [1.29, 1.82) is 5.26 Å². The SMILES string of the molecule is CC1=C(C(=O)Nc2ccccc2)C(c2ccccc2)C(C#N)=C(SCC(=O)Nc2cccc(C)c2C)N1. The summed E-state index contributed by atoms with van der Waals surface area (Å²) in [5, 5.41) is 19.9. The second kappa shape index (κ2) is 11.6. The maximum absolute atomic E-state index is 13.4. The average molecular weight is 509 g/mol. The van der Waals surface area contributed by atoms with Crippen LogP contribution in [0.15, 0.2) is 101 Å². The molecule has 3 aromatic rings. The molecule has 186 valence electrons. The second-order valence-corrected chi connectivity index (χ2v) is 9.75. The molecule has 0 fully saturated rings. The van der Waals surface area contributed by atoms with Gasteiger partial charge in [0.05, 0.1) is 28.3 Å². The van der Waals surface area contributed by atoms with Crippen LogP contribution in [0.3, 0.4) is 0 Å². The Balaban J connectivity index is 1.61. The minimum atomic E-state index is -0.569. The number of carbonyl (C=O) groups excluding carboxylic acids is 2. The lowest BCUT2D eigenvalue weighted by Crippen LogP contribution is -2.31. The van der Waals surface area contributed by atoms with Gasteiger partial charge in [-0.25, -0.2) is 0 Å². The molecular weight excluding hydrogens is 480 g/mol. The molecule has 4 rings (SSSR count). The molecule has 0 spiro atoms. The Bertz CT molecular complexity index is 1420. The summed E-state index contributed by atoms with van der Waals surface area (Å²) in [6.45, 7) is 5.79. The molecular formula is C30H28N4O2S. The van der Waals surface area contributed by atoms with Crippen LogP contribution in [0.4, 0.5) is 11.4 Å². The summed E-state index contributed by atoms with van der Waals surface area (Å²) in [5.74, 6) is -0.910. The van der Waals surface area contributed by atoms with Crippen molar-refractivity contribution >= 4 is 35.0 Å². The smallest absolute Gasteiger partial charge is 0.254 e. The molecule has 6 nitrogen and oxygen atoms in total. The number of nitrogens with one attached hydrogen (secondary N) is 3. The Morgan fingerprint density at radius 3 is 2.27 bits per heavy atom. The van der Waals surface area contributed by atoms with Gasteiger partial charge in [0.1, 0.15) is 0 Å². The molecule has 1 atom stereocenters. The molecule has 3 aromatic carbocycles. The van der Waals surface area contributed by atoms with E-state index in [0.717, 1.165) is 22.4 Å². The van der Waals surface area contributed by atoms with Gasteiger partial charge in [-0.05, 0) is 55.7 Å². The van der Waals surface area contributed by atoms with Crippen LogP contribution in [0.25, 0.3) is 0 Å². The fourth-order valence-electron chi connectivity index (χ4n) is 4.24. The van der Waals surface area contributed by atoms with Crippen LogP contribution in [-0.2, 0) is 9.59 Å². The summed E-state index contributed by atoms with van der Waals surface area (Å²) in [5.41, 5.74) is 5.90. The summed E-state index contributed by atoms with van der Waals surface area (Å²) < 4.78 is 0. The number of thioether (sulfide) groups is 1. The Morgan fingerprint density at radius 1 is 0.919 bits per heavy atom. The third kappa shape index (κ3) is 5.93. The number of aryl methyl sites for hydroxylation is 1. The van der Waals surface area contributed by atoms with E-state index in [1.54, 1.807) is 0 Å². The van der Waals surface area contributed by atoms with Gasteiger partial charge in [0.25, 0.3) is 5.91 Å². The molecule has 0 aliphatic carbocycles. The van der Waals surface area contributed by atoms with Crippen LogP contribution >= 0.6 is 11.8 Å². The first-order valence-corrected chi connectivity index (χ1v) is 12.9. The van der Waals surface area contributed by atoms with E-state index in [9.17, 15) is 14.9 Å². The summed E-state index contributed by atoms with van der Waals surface area (Å²) >= 11 is 1.26. The highest BCUT2D eigenvalue weighted by Gasteiger charge is 2.34. The molecule has 7 heteroatoms. The van der Waals surface area contributed by atoms with Gasteiger partial charge in [-0.1, -0.05) is 72.4 Å². The molecule has 1 aliphatic heterocycles. The number of amides is 2. The highest BCUT2D eigenvalue weighted by Crippen LogP contribution is 2.41. The van der Waals surface area contributed by atoms with Crippen molar-refractivity contribution in [2.45, 2.75) is 26.7 Å². The van der Waals surface area contributed by atoms with Crippen LogP contribution < -0.4 is 16.0 Å². The molecule has 1 heterocycles. The van der Waals surface area contributed by atoms with Crippen molar-refractivity contribution in [2.24, 2.45) is 0 Å². The van der Waals surface area contributed by atoms with Crippen molar-refractivity contribution in [2.75, 3.05) is 16.4 Å². The summed E-state index contributed by atoms with van der Waals surface area (Å²) in [6, 6.07) is 26.8. The van der Waals surface area contributed by atoms with E-state index in [-0.39, 0.29) is 17.6 Å². The van der Waals surface area contributed by atoms with E-state index in [1.165, 1.54) is 11.8 Å². The van der Waals surface area contributed by atoms with Crippen molar-refractivity contribution in [3.63, 3.8) is 0 Å². The van der Waals surface area contributed by atoms with E-state index >= 15 is 0 Å². The molecule has 0 saturated heterocycles. The Labute approximate surface area is 221 Å². The topological polar surface area (TPSA) is 94.0 Å². The molecule has 0 bridgehead atoms. The molecule has 0 saturated carbocycles. The lowest BCUT2D eigenvalue weighted by Gasteiger charge is -2.30. The van der Waals surface area contributed by atoms with Crippen molar-refractivity contribution in [3.05, 3.63) is 117 Å². The molecule has 1 unspecified atom stereocenters. The van der Waals surface area contributed by atoms with Gasteiger partial charge in [0, 0.05) is 22.6 Å². The van der Waals surface area contributed by atoms with Gasteiger partial charge in [0.2, 0.25) is 5.91 Å². The number of benzene rings is 3. The number of carbonyl (C=O) groups is 2. The molecule has 1 aliphatic rings. The number of nitrogens with zero attached hydrogens (tertiary/aromatic N) is 1. The standard InChI is InChI=1S/C30H28N4O2S/c1-19-11-10-16-25(20(19)2)34-26(35)18-37-30-24(17-31)28(22-12-6-4-7-13-22)27(21(3)32-30)29(36)33-23-14-8-5-9-15-23/h4-16,28,32H,18H2,1-3H3,(H,33,36)(H,34,35). The number of para-hydroxylation sites is 1. The van der Waals surface area contributed by atoms with Gasteiger partial charge < -0.3 is 16.0 Å². The Kier molecular flexibility index (Phi) is 8.11. The highest BCUT2D eigenvalue weighted by molar-refractivity contribution is 8.03. The maximum Gasteiger partial charge on any atom is 0.254 e. The number of allylic oxidation sites excluding steroid dienone is 2. The predicted octanol–water partition coefficient (Wildman–Crippen LogP) is 6.01. The van der Waals surface area contributed by atoms with Crippen molar-refractivity contribution in [3.8, 4) is 6.07 Å². The maximum atomic E-state index is 13.4. The summed E-state index contributed by atoms with van der Waals surface area (Å²) in [7, 11) is 0. The highest BCUT2D eigenvalue weighted by atomic mass is 32.2. The monoisotopic (exact) mass is 508 g/mol. The van der Waals surface area contributed by atoms with Gasteiger partial charge >= 0.3 is 0 Å². The zero-order valence-electron chi connectivity index (χ0n) is 21.0. The van der Waals surface area contributed by atoms with Crippen LogP contribution in [-0.4, -0.2) is 17.6 Å². The minimum Gasteiger partial charge on any atom is -0.353 e. The van der Waals surface area contributed by atoms with Crippen molar-refractivity contribution < 1.29 is 9.59 Å². The number of nitriles is 1. The number of hydrogen-bond acceptors (Lipinski definition) is 5. The van der Waals surface area contributed by atoms with Gasteiger partial charge in [-0.2, -0.15) is 5.26 Å². The van der Waals surface area contributed by atoms with Gasteiger partial charge in [0.15, 0.2) is 0 Å². The first-order valence-electron chi connectivity index (χ1n) is 11.9. The molecule has 0 radical (unpaired) electrons. The van der Waals surface area contributed by atoms with Gasteiger partial charge in [-0.15, -0.1) is 0 Å². The molecule has 3 N–H and O–H groups in total. The first kappa shape index (κ1) is 25.8. The predicted molar refractivity (Wildman–Crippen MR) is 150 cm³/mol. The number of dihydropyridines is 1. The Hall–Kier alpha value is -4.28. The number of hydrogen-bond donors (Lipinski definition) is 3. The van der Waals surface area contributed by atoms with Crippen LogP contribution in [0.5, 0.6) is 0 Å². The molecule has 2 amide bonds. The lowest BCUT2D eigenvalue weighted by molar-refractivity contribution is -0.114. The second-order valence-electron chi connectivity index (χ2n) is 8.77. The number of anilines is 2. The van der Waals surface area contributed by atoms with E-state index in [0.29, 0.717) is 27.6 Å². The van der Waals surface area contributed by atoms with Crippen molar-refractivity contribution in [1.82, 2.24) is 5.32 Å². The fourth-order valence-corrected chi connectivity index (χ4v) is 5.13. The van der Waals surface area contributed by atoms with Gasteiger partial charge in [-0.3, -0.25) is 9.59 Å². The number of rotatable bonds is 7. The van der Waals surface area contributed by atoms with E-state index < -0.39 is 5.92 Å². The largest absolute Gasteiger partial charge is 0.353 e. The van der Waals surface area contributed by atoms with E-state index in [4.69, 9.17) is 0 Å². The summed E-state index contributed by atoms with van der Waals surface area (Å²) in [6.07, 6.45) is 0.